The highest BCUT2D eigenvalue weighted by Gasteiger charge is 2.55. The van der Waals surface area contributed by atoms with Crippen molar-refractivity contribution in [1.82, 2.24) is 0 Å². The van der Waals surface area contributed by atoms with Crippen LogP contribution in [-0.4, -0.2) is 6.71 Å². The molecule has 11 aromatic carbocycles. The van der Waals surface area contributed by atoms with E-state index in [1.54, 1.807) is 0 Å². The Balaban J connectivity index is 1.19. The number of hydrogen-bond donors (Lipinski definition) is 0. The summed E-state index contributed by atoms with van der Waals surface area (Å²) in [4.78, 5) is 2.46. The molecule has 0 fully saturated rings. The molecule has 11 aromatic rings. The summed E-state index contributed by atoms with van der Waals surface area (Å²) in [5.41, 5.74) is 22.1. The van der Waals surface area contributed by atoms with Gasteiger partial charge in [-0.3, -0.25) is 0 Å². The van der Waals surface area contributed by atoms with E-state index in [9.17, 15) is 2.74 Å². The van der Waals surface area contributed by atoms with Gasteiger partial charge in [0.15, 0.2) is 0 Å². The lowest BCUT2D eigenvalue weighted by Gasteiger charge is -2.50. The van der Waals surface area contributed by atoms with Crippen LogP contribution in [0.1, 0.15) is 108 Å². The molecule has 0 N–H and O–H groups in total. The third kappa shape index (κ3) is 8.30. The summed E-state index contributed by atoms with van der Waals surface area (Å²) in [5.74, 6) is 1.59. The number of ether oxygens (including phenoxy) is 1. The third-order valence-corrected chi connectivity index (χ3v) is 17.5. The van der Waals surface area contributed by atoms with Crippen molar-refractivity contribution in [3.05, 3.63) is 288 Å². The predicted octanol–water partition coefficient (Wildman–Crippen LogP) is 19.0. The first-order valence-electron chi connectivity index (χ1n) is 31.3. The summed E-state index contributed by atoms with van der Waals surface area (Å²) in [6.07, 6.45) is 0. The lowest BCUT2D eigenvalue weighted by molar-refractivity contribution is 0.435. The molecule has 82 heavy (non-hydrogen) atoms. The van der Waals surface area contributed by atoms with Crippen molar-refractivity contribution in [3.8, 4) is 67.1 Å². The molecular formula is C79H68BNO. The van der Waals surface area contributed by atoms with E-state index in [0.717, 1.165) is 112 Å². The average molecular weight is 1060 g/mol. The first kappa shape index (κ1) is 45.8. The minimum Gasteiger partial charge on any atom is -0.457 e. The van der Waals surface area contributed by atoms with Gasteiger partial charge in [-0.1, -0.05) is 286 Å². The summed E-state index contributed by atoms with van der Waals surface area (Å²) in [6, 6.07) is 77.9. The van der Waals surface area contributed by atoms with Crippen molar-refractivity contribution in [1.29, 1.82) is 0 Å². The molecule has 3 aliphatic rings. The van der Waals surface area contributed by atoms with Crippen LogP contribution in [0.4, 0.5) is 17.1 Å². The quantitative estimate of drug-likeness (QED) is 0.154. The summed E-state index contributed by atoms with van der Waals surface area (Å²) >= 11 is 0. The number of anilines is 3. The van der Waals surface area contributed by atoms with Gasteiger partial charge in [-0.15, -0.1) is 0 Å². The number of para-hydroxylation sites is 3. The summed E-state index contributed by atoms with van der Waals surface area (Å²) in [5, 5.41) is 0. The molecule has 0 unspecified atom stereocenters. The van der Waals surface area contributed by atoms with Gasteiger partial charge in [0.05, 0.1) is 18.0 Å². The highest BCUT2D eigenvalue weighted by Crippen LogP contribution is 2.59. The van der Waals surface area contributed by atoms with Gasteiger partial charge in [0, 0.05) is 33.6 Å². The molecule has 2 nitrogen and oxygen atoms in total. The second-order valence-electron chi connectivity index (χ2n) is 25.7. The Labute approximate surface area is 492 Å². The van der Waals surface area contributed by atoms with Crippen LogP contribution in [-0.2, 0) is 21.7 Å². The van der Waals surface area contributed by atoms with Gasteiger partial charge in [-0.2, -0.15) is 0 Å². The second kappa shape index (κ2) is 19.1. The van der Waals surface area contributed by atoms with Crippen molar-refractivity contribution in [2.24, 2.45) is 0 Å². The fourth-order valence-corrected chi connectivity index (χ4v) is 13.3. The third-order valence-electron chi connectivity index (χ3n) is 17.5. The van der Waals surface area contributed by atoms with Crippen LogP contribution in [0.15, 0.2) is 249 Å². The number of fused-ring (bicyclic) bond motifs is 10. The maximum absolute atomic E-state index is 9.44. The van der Waals surface area contributed by atoms with Crippen LogP contribution < -0.4 is 26.0 Å². The van der Waals surface area contributed by atoms with E-state index in [4.69, 9.17) is 8.85 Å². The van der Waals surface area contributed by atoms with Crippen LogP contribution >= 0.6 is 0 Å². The van der Waals surface area contributed by atoms with Crippen molar-refractivity contribution in [2.75, 3.05) is 4.90 Å². The Hall–Kier alpha value is -8.92. The zero-order chi connectivity index (χ0) is 60.6. The second-order valence-corrected chi connectivity index (χ2v) is 25.7. The first-order valence-corrected chi connectivity index (χ1v) is 28.8. The van der Waals surface area contributed by atoms with Crippen molar-refractivity contribution in [3.63, 3.8) is 0 Å². The number of nitrogens with zero attached hydrogens (tertiary/aromatic N) is 1. The smallest absolute Gasteiger partial charge is 0.247 e. The standard InChI is InChI=1S/C79H68BNO/c1-76(2,3)59-40-36-52(37-41-59)58-47-67-74-71(49-58)81(75-62(53-26-15-11-16-27-53)30-23-31-63(75)54-28-17-12-18-29-54)70-48-56(51-24-13-10-14-25-51)39-43-69(70)80(74)68-42-38-55(57-44-60(77(4,5)6)50-61(45-57)78(7,8)9)46-66(68)79(67)64-32-19-21-34-72(64)82-73-35-22-20-33-65(73)79/h10-50H,1-9H3/i10D,13D,14D,24D,25D. The Morgan fingerprint density at radius 1 is 0.366 bits per heavy atom. The van der Waals surface area contributed by atoms with Crippen LogP contribution in [0.2, 0.25) is 0 Å². The molecule has 1 spiro atoms. The van der Waals surface area contributed by atoms with E-state index in [0.29, 0.717) is 5.56 Å². The lowest BCUT2D eigenvalue weighted by Crippen LogP contribution is -2.65. The molecule has 0 bridgehead atoms. The zero-order valence-corrected chi connectivity index (χ0v) is 48.2. The largest absolute Gasteiger partial charge is 0.457 e. The predicted molar refractivity (Wildman–Crippen MR) is 347 cm³/mol. The Kier molecular flexibility index (Phi) is 10.7. The van der Waals surface area contributed by atoms with Gasteiger partial charge in [0.25, 0.3) is 0 Å². The number of rotatable bonds is 6. The molecule has 0 saturated carbocycles. The van der Waals surface area contributed by atoms with Gasteiger partial charge >= 0.3 is 0 Å². The van der Waals surface area contributed by atoms with Crippen LogP contribution in [0.3, 0.4) is 0 Å². The van der Waals surface area contributed by atoms with E-state index >= 15 is 0 Å². The Bertz CT molecular complexity index is 4440. The van der Waals surface area contributed by atoms with Gasteiger partial charge < -0.3 is 9.64 Å². The Morgan fingerprint density at radius 2 is 0.854 bits per heavy atom. The van der Waals surface area contributed by atoms with Crippen molar-refractivity contribution in [2.45, 2.75) is 84.0 Å². The monoisotopic (exact) mass is 1060 g/mol. The van der Waals surface area contributed by atoms with E-state index in [1.807, 2.05) is 6.07 Å². The van der Waals surface area contributed by atoms with Crippen LogP contribution in [0.25, 0.3) is 55.6 Å². The van der Waals surface area contributed by atoms with Gasteiger partial charge in [-0.05, 0) is 130 Å². The van der Waals surface area contributed by atoms with Gasteiger partial charge in [0.2, 0.25) is 6.71 Å². The highest BCUT2D eigenvalue weighted by molar-refractivity contribution is 6.99. The molecule has 398 valence electrons. The molecule has 3 heteroatoms. The highest BCUT2D eigenvalue weighted by atomic mass is 16.5. The molecular weight excluding hydrogens is 990 g/mol. The SMILES string of the molecule is [2H]c1c([2H])c([2H])c(-c2ccc3c(c2)N(c2c(-c4ccccc4)cccc2-c2ccccc2)c2cc(-c4ccc(C(C)(C)C)cc4)cc4c2B3c2ccc(-c3cc(C(C)(C)C)cc(C(C)(C)C)c3)cc2C42c3ccccc3Oc3ccccc32)c([2H])c1[2H]. The minimum absolute atomic E-state index is 0.0812. The van der Waals surface area contributed by atoms with E-state index in [1.165, 1.54) is 16.7 Å². The van der Waals surface area contributed by atoms with Gasteiger partial charge in [0.1, 0.15) is 11.5 Å². The molecule has 0 aromatic heterocycles. The number of hydrogen-bond acceptors (Lipinski definition) is 2. The summed E-state index contributed by atoms with van der Waals surface area (Å²) in [7, 11) is 0. The fraction of sp³-hybridized carbons (Fsp3) is 0.165. The maximum Gasteiger partial charge on any atom is 0.247 e. The number of benzene rings is 11. The molecule has 0 saturated heterocycles. The molecule has 3 aliphatic heterocycles. The summed E-state index contributed by atoms with van der Waals surface area (Å²) < 4.78 is 52.6. The van der Waals surface area contributed by atoms with E-state index < -0.39 is 11.5 Å². The van der Waals surface area contributed by atoms with Crippen molar-refractivity contribution >= 4 is 40.2 Å². The first-order chi connectivity index (χ1) is 41.6. The average Bonchev–Trinajstić information content (AvgIpc) is 0.676. The molecule has 0 aliphatic carbocycles. The lowest BCUT2D eigenvalue weighted by atomic mass is 9.29. The molecule has 14 rings (SSSR count). The van der Waals surface area contributed by atoms with Gasteiger partial charge in [-0.25, -0.2) is 0 Å². The van der Waals surface area contributed by atoms with E-state index in [-0.39, 0.29) is 52.7 Å². The normalized spacial score (nSPS) is 14.7. The molecule has 0 atom stereocenters. The molecule has 0 amide bonds. The Morgan fingerprint density at radius 3 is 1.43 bits per heavy atom. The van der Waals surface area contributed by atoms with Crippen molar-refractivity contribution < 1.29 is 11.6 Å². The fourth-order valence-electron chi connectivity index (χ4n) is 13.3. The maximum atomic E-state index is 9.44. The zero-order valence-electron chi connectivity index (χ0n) is 53.2. The topological polar surface area (TPSA) is 12.5 Å². The van der Waals surface area contributed by atoms with Crippen LogP contribution in [0, 0.1) is 0 Å². The van der Waals surface area contributed by atoms with Crippen LogP contribution in [0.5, 0.6) is 11.5 Å². The summed E-state index contributed by atoms with van der Waals surface area (Å²) in [6.45, 7) is 20.2. The molecule has 0 radical (unpaired) electrons. The molecule has 3 heterocycles. The minimum atomic E-state index is -0.954. The van der Waals surface area contributed by atoms with E-state index in [2.05, 4.69) is 280 Å².